The van der Waals surface area contributed by atoms with Crippen LogP contribution in [0.15, 0.2) is 216 Å². The lowest BCUT2D eigenvalue weighted by molar-refractivity contribution is 0.631. The van der Waals surface area contributed by atoms with Gasteiger partial charge in [0.05, 0.1) is 5.71 Å². The molecule has 0 saturated carbocycles. The summed E-state index contributed by atoms with van der Waals surface area (Å²) in [6, 6.07) is 69.6. The third kappa shape index (κ3) is 6.52. The van der Waals surface area contributed by atoms with Crippen molar-refractivity contribution in [2.75, 3.05) is 0 Å². The minimum atomic E-state index is 0.189. The van der Waals surface area contributed by atoms with E-state index in [9.17, 15) is 0 Å². The van der Waals surface area contributed by atoms with Gasteiger partial charge in [-0.25, -0.2) is 4.99 Å². The summed E-state index contributed by atoms with van der Waals surface area (Å²) in [5.41, 5.74) is 9.76. The molecule has 0 radical (unpaired) electrons. The summed E-state index contributed by atoms with van der Waals surface area (Å²) in [6.45, 7) is 0. The van der Waals surface area contributed by atoms with Crippen molar-refractivity contribution in [1.29, 1.82) is 5.41 Å². The third-order valence-electron chi connectivity index (χ3n) is 10.7. The predicted molar refractivity (Wildman–Crippen MR) is 240 cm³/mol. The SMILES string of the molecule is N=C(N=C(/C=C/c1cccc(-c2cccc(-c3c4ccccc4cc4c3ccc3ccccc34)c2)c1)c1ccccc1-c1cc2ccccc2o1)c1ccccc1. The molecule has 3 nitrogen and oxygen atoms in total. The first-order valence-electron chi connectivity index (χ1n) is 19.2. The molecule has 0 atom stereocenters. The van der Waals surface area contributed by atoms with Gasteiger partial charge in [0.1, 0.15) is 11.3 Å². The molecule has 0 saturated heterocycles. The van der Waals surface area contributed by atoms with E-state index < -0.39 is 0 Å². The van der Waals surface area contributed by atoms with Gasteiger partial charge < -0.3 is 4.42 Å². The number of rotatable bonds is 7. The van der Waals surface area contributed by atoms with Crippen LogP contribution in [0.5, 0.6) is 0 Å². The summed E-state index contributed by atoms with van der Waals surface area (Å²) < 4.78 is 6.34. The van der Waals surface area contributed by atoms with Crippen molar-refractivity contribution in [2.45, 2.75) is 0 Å². The van der Waals surface area contributed by atoms with Crippen LogP contribution >= 0.6 is 0 Å². The fourth-order valence-corrected chi connectivity index (χ4v) is 7.99. The molecule has 1 heterocycles. The zero-order valence-corrected chi connectivity index (χ0v) is 31.1. The van der Waals surface area contributed by atoms with Gasteiger partial charge in [-0.15, -0.1) is 0 Å². The van der Waals surface area contributed by atoms with Crippen LogP contribution in [0.1, 0.15) is 16.7 Å². The van der Waals surface area contributed by atoms with Gasteiger partial charge in [-0.2, -0.15) is 0 Å². The van der Waals surface area contributed by atoms with Crippen molar-refractivity contribution in [2.24, 2.45) is 4.99 Å². The number of para-hydroxylation sites is 1. The van der Waals surface area contributed by atoms with E-state index in [2.05, 4.69) is 140 Å². The number of hydrogen-bond acceptors (Lipinski definition) is 2. The molecule has 268 valence electrons. The van der Waals surface area contributed by atoms with Crippen molar-refractivity contribution in [1.82, 2.24) is 0 Å². The van der Waals surface area contributed by atoms with E-state index in [0.717, 1.165) is 50.1 Å². The van der Waals surface area contributed by atoms with Crippen LogP contribution in [0.4, 0.5) is 0 Å². The molecule has 3 heteroatoms. The molecule has 0 fully saturated rings. The first-order valence-corrected chi connectivity index (χ1v) is 19.2. The molecule has 0 unspecified atom stereocenters. The summed E-state index contributed by atoms with van der Waals surface area (Å²) in [6.07, 6.45) is 4.10. The smallest absolute Gasteiger partial charge is 0.152 e. The Morgan fingerprint density at radius 3 is 2.02 bits per heavy atom. The fraction of sp³-hybridized carbons (Fsp3) is 0. The number of amidine groups is 1. The molecule has 0 spiro atoms. The van der Waals surface area contributed by atoms with Crippen molar-refractivity contribution in [3.05, 3.63) is 223 Å². The lowest BCUT2D eigenvalue weighted by atomic mass is 9.89. The van der Waals surface area contributed by atoms with Crippen LogP contribution in [0.2, 0.25) is 0 Å². The van der Waals surface area contributed by atoms with E-state index in [1.54, 1.807) is 0 Å². The summed E-state index contributed by atoms with van der Waals surface area (Å²) in [4.78, 5) is 4.94. The Morgan fingerprint density at radius 2 is 1.16 bits per heavy atom. The highest BCUT2D eigenvalue weighted by Gasteiger charge is 2.16. The summed E-state index contributed by atoms with van der Waals surface area (Å²) in [7, 11) is 0. The van der Waals surface area contributed by atoms with E-state index in [1.165, 1.54) is 43.4 Å². The van der Waals surface area contributed by atoms with Gasteiger partial charge >= 0.3 is 0 Å². The van der Waals surface area contributed by atoms with E-state index in [4.69, 9.17) is 14.8 Å². The largest absolute Gasteiger partial charge is 0.456 e. The van der Waals surface area contributed by atoms with Crippen LogP contribution in [-0.4, -0.2) is 11.5 Å². The topological polar surface area (TPSA) is 49.4 Å². The second-order valence-corrected chi connectivity index (χ2v) is 14.3. The van der Waals surface area contributed by atoms with Gasteiger partial charge in [-0.3, -0.25) is 5.41 Å². The molecule has 10 aromatic rings. The minimum Gasteiger partial charge on any atom is -0.456 e. The number of nitrogens with zero attached hydrogens (tertiary/aromatic N) is 1. The number of fused-ring (bicyclic) bond motifs is 5. The number of nitrogens with one attached hydrogen (secondary N) is 1. The average molecular weight is 729 g/mol. The molecule has 10 rings (SSSR count). The predicted octanol–water partition coefficient (Wildman–Crippen LogP) is 14.4. The molecule has 0 aliphatic heterocycles. The molecule has 0 amide bonds. The van der Waals surface area contributed by atoms with Crippen LogP contribution in [-0.2, 0) is 0 Å². The molecule has 0 aliphatic rings. The van der Waals surface area contributed by atoms with E-state index in [-0.39, 0.29) is 5.84 Å². The number of hydrogen-bond donors (Lipinski definition) is 1. The summed E-state index contributed by atoms with van der Waals surface area (Å²) >= 11 is 0. The fourth-order valence-electron chi connectivity index (χ4n) is 7.99. The Kier molecular flexibility index (Phi) is 8.66. The molecular formula is C54H36N2O. The first kappa shape index (κ1) is 33.9. The molecule has 1 aromatic heterocycles. The summed E-state index contributed by atoms with van der Waals surface area (Å²) in [5, 5.41) is 17.5. The van der Waals surface area contributed by atoms with E-state index in [0.29, 0.717) is 5.71 Å². The lowest BCUT2D eigenvalue weighted by Crippen LogP contribution is -2.05. The maximum Gasteiger partial charge on any atom is 0.152 e. The quantitative estimate of drug-likeness (QED) is 0.0755. The molecule has 9 aromatic carbocycles. The Bertz CT molecular complexity index is 3170. The van der Waals surface area contributed by atoms with Crippen LogP contribution in [0.3, 0.4) is 0 Å². The maximum atomic E-state index is 8.99. The normalized spacial score (nSPS) is 12.0. The van der Waals surface area contributed by atoms with Gasteiger partial charge in [-0.05, 0) is 96.5 Å². The second-order valence-electron chi connectivity index (χ2n) is 14.3. The van der Waals surface area contributed by atoms with Gasteiger partial charge in [0.15, 0.2) is 5.84 Å². The van der Waals surface area contributed by atoms with Crippen molar-refractivity contribution < 1.29 is 4.42 Å². The van der Waals surface area contributed by atoms with E-state index in [1.807, 2.05) is 72.8 Å². The maximum absolute atomic E-state index is 8.99. The Morgan fingerprint density at radius 1 is 0.474 bits per heavy atom. The van der Waals surface area contributed by atoms with E-state index >= 15 is 0 Å². The highest BCUT2D eigenvalue weighted by molar-refractivity contribution is 6.21. The monoisotopic (exact) mass is 728 g/mol. The second kappa shape index (κ2) is 14.6. The third-order valence-corrected chi connectivity index (χ3v) is 10.7. The van der Waals surface area contributed by atoms with Crippen molar-refractivity contribution in [3.8, 4) is 33.6 Å². The Hall–Kier alpha value is -7.62. The lowest BCUT2D eigenvalue weighted by Gasteiger charge is -2.15. The van der Waals surface area contributed by atoms with Gasteiger partial charge in [0.2, 0.25) is 0 Å². The van der Waals surface area contributed by atoms with Crippen molar-refractivity contribution >= 4 is 60.9 Å². The Labute approximate surface area is 331 Å². The highest BCUT2D eigenvalue weighted by Crippen LogP contribution is 2.40. The van der Waals surface area contributed by atoms with Gasteiger partial charge in [0, 0.05) is 22.1 Å². The highest BCUT2D eigenvalue weighted by atomic mass is 16.3. The molecule has 0 bridgehead atoms. The van der Waals surface area contributed by atoms with Crippen LogP contribution in [0.25, 0.3) is 82.9 Å². The molecule has 0 aliphatic carbocycles. The number of allylic oxidation sites excluding steroid dienone is 1. The molecule has 57 heavy (non-hydrogen) atoms. The van der Waals surface area contributed by atoms with Crippen LogP contribution in [0, 0.1) is 5.41 Å². The Balaban J connectivity index is 1.05. The molecular weight excluding hydrogens is 693 g/mol. The standard InChI is InChI=1S/C54H36N2O/c55-54(38-16-2-1-3-17-38)56-50(46-25-9-10-26-47(46)52-35-42-19-6-11-27-51(42)57-52)31-28-36-14-12-20-39(32-36)40-21-13-22-43(33-40)53-45-24-8-5-18-41(45)34-49-44-23-7-4-15-37(44)29-30-48(49)53/h1-35,55H/b31-28+,55-54?,56-50?. The number of furan rings is 1. The van der Waals surface area contributed by atoms with Crippen LogP contribution < -0.4 is 0 Å². The summed E-state index contributed by atoms with van der Waals surface area (Å²) in [5.74, 6) is 0.947. The van der Waals surface area contributed by atoms with Crippen molar-refractivity contribution in [3.63, 3.8) is 0 Å². The zero-order valence-electron chi connectivity index (χ0n) is 31.1. The first-order chi connectivity index (χ1) is 28.2. The average Bonchev–Trinajstić information content (AvgIpc) is 3.72. The molecule has 1 N–H and O–H groups in total. The number of benzene rings is 9. The number of aliphatic imine (C=N–C) groups is 1. The zero-order chi connectivity index (χ0) is 38.1. The minimum absolute atomic E-state index is 0.189. The van der Waals surface area contributed by atoms with Gasteiger partial charge in [0.25, 0.3) is 0 Å². The van der Waals surface area contributed by atoms with Gasteiger partial charge in [-0.1, -0.05) is 176 Å².